The SMILES string of the molecule is Cc1[nH]c(-c2ccc(Cl)cc2)nc1CC(C)CCl. The van der Waals surface area contributed by atoms with Gasteiger partial charge in [-0.15, -0.1) is 11.6 Å². The number of aromatic nitrogens is 2. The molecule has 0 saturated carbocycles. The molecule has 1 atom stereocenters. The van der Waals surface area contributed by atoms with Crippen molar-refractivity contribution in [2.24, 2.45) is 5.92 Å². The Hall–Kier alpha value is -0.990. The predicted octanol–water partition coefficient (Wildman–Crippen LogP) is 4.46. The largest absolute Gasteiger partial charge is 0.342 e. The molecule has 4 heteroatoms. The van der Waals surface area contributed by atoms with E-state index in [9.17, 15) is 0 Å². The van der Waals surface area contributed by atoms with E-state index >= 15 is 0 Å². The molecule has 0 bridgehead atoms. The minimum atomic E-state index is 0.437. The fraction of sp³-hybridized carbons (Fsp3) is 0.357. The van der Waals surface area contributed by atoms with Gasteiger partial charge >= 0.3 is 0 Å². The first-order valence-corrected chi connectivity index (χ1v) is 6.88. The first-order chi connectivity index (χ1) is 8.60. The van der Waals surface area contributed by atoms with Crippen LogP contribution in [0.15, 0.2) is 24.3 Å². The molecule has 0 aliphatic carbocycles. The average Bonchev–Trinajstić information content (AvgIpc) is 2.71. The quantitative estimate of drug-likeness (QED) is 0.825. The fourth-order valence-corrected chi connectivity index (χ4v) is 2.06. The molecule has 2 aromatic rings. The number of hydrogen-bond acceptors (Lipinski definition) is 1. The van der Waals surface area contributed by atoms with Gasteiger partial charge in [-0.1, -0.05) is 18.5 Å². The number of benzene rings is 1. The van der Waals surface area contributed by atoms with Crippen molar-refractivity contribution in [3.63, 3.8) is 0 Å². The predicted molar refractivity (Wildman–Crippen MR) is 77.4 cm³/mol. The van der Waals surface area contributed by atoms with Crippen LogP contribution in [0.5, 0.6) is 0 Å². The Morgan fingerprint density at radius 1 is 1.28 bits per heavy atom. The Labute approximate surface area is 117 Å². The van der Waals surface area contributed by atoms with Gasteiger partial charge in [0, 0.05) is 22.2 Å². The lowest BCUT2D eigenvalue weighted by Crippen LogP contribution is -2.02. The lowest BCUT2D eigenvalue weighted by atomic mass is 10.1. The third kappa shape index (κ3) is 3.06. The number of alkyl halides is 1. The van der Waals surface area contributed by atoms with E-state index in [1.807, 2.05) is 31.2 Å². The molecule has 0 saturated heterocycles. The second kappa shape index (κ2) is 5.77. The summed E-state index contributed by atoms with van der Waals surface area (Å²) in [4.78, 5) is 7.95. The van der Waals surface area contributed by atoms with Crippen LogP contribution in [0.1, 0.15) is 18.3 Å². The van der Waals surface area contributed by atoms with Crippen molar-refractivity contribution in [2.75, 3.05) is 5.88 Å². The van der Waals surface area contributed by atoms with Gasteiger partial charge in [0.2, 0.25) is 0 Å². The normalized spacial score (nSPS) is 12.7. The minimum Gasteiger partial charge on any atom is -0.342 e. The summed E-state index contributed by atoms with van der Waals surface area (Å²) in [6.45, 7) is 4.17. The third-order valence-electron chi connectivity index (χ3n) is 2.91. The number of aryl methyl sites for hydroxylation is 1. The van der Waals surface area contributed by atoms with Crippen LogP contribution in [-0.4, -0.2) is 15.8 Å². The Balaban J connectivity index is 2.25. The number of nitrogens with one attached hydrogen (secondary N) is 1. The molecule has 1 aromatic carbocycles. The molecule has 0 radical (unpaired) electrons. The number of aromatic amines is 1. The van der Waals surface area contributed by atoms with Gasteiger partial charge in [0.1, 0.15) is 5.82 Å². The van der Waals surface area contributed by atoms with E-state index < -0.39 is 0 Å². The zero-order valence-electron chi connectivity index (χ0n) is 10.5. The van der Waals surface area contributed by atoms with E-state index in [1.165, 1.54) is 0 Å². The van der Waals surface area contributed by atoms with Crippen LogP contribution < -0.4 is 0 Å². The Bertz CT molecular complexity index is 517. The first kappa shape index (κ1) is 13.4. The fourth-order valence-electron chi connectivity index (χ4n) is 1.82. The molecule has 1 unspecified atom stereocenters. The molecule has 2 nitrogen and oxygen atoms in total. The van der Waals surface area contributed by atoms with Crippen molar-refractivity contribution in [1.29, 1.82) is 0 Å². The zero-order valence-corrected chi connectivity index (χ0v) is 12.0. The van der Waals surface area contributed by atoms with Crippen molar-refractivity contribution >= 4 is 23.2 Å². The molecular formula is C14H16Cl2N2. The molecule has 2 rings (SSSR count). The summed E-state index contributed by atoms with van der Waals surface area (Å²) in [7, 11) is 0. The van der Waals surface area contributed by atoms with Gasteiger partial charge in [0.25, 0.3) is 0 Å². The van der Waals surface area contributed by atoms with E-state index in [2.05, 4.69) is 16.9 Å². The Morgan fingerprint density at radius 3 is 2.56 bits per heavy atom. The van der Waals surface area contributed by atoms with Gasteiger partial charge in [-0.3, -0.25) is 0 Å². The summed E-state index contributed by atoms with van der Waals surface area (Å²) < 4.78 is 0. The van der Waals surface area contributed by atoms with Crippen molar-refractivity contribution < 1.29 is 0 Å². The summed E-state index contributed by atoms with van der Waals surface area (Å²) in [5.41, 5.74) is 3.25. The third-order valence-corrected chi connectivity index (χ3v) is 3.69. The highest BCUT2D eigenvalue weighted by atomic mass is 35.5. The number of hydrogen-bond donors (Lipinski definition) is 1. The van der Waals surface area contributed by atoms with E-state index in [4.69, 9.17) is 23.2 Å². The maximum absolute atomic E-state index is 5.88. The van der Waals surface area contributed by atoms with Crippen LogP contribution in [0.2, 0.25) is 5.02 Å². The van der Waals surface area contributed by atoms with Gasteiger partial charge in [-0.2, -0.15) is 0 Å². The van der Waals surface area contributed by atoms with Gasteiger partial charge in [-0.25, -0.2) is 4.98 Å². The zero-order chi connectivity index (χ0) is 13.1. The van der Waals surface area contributed by atoms with Crippen LogP contribution in [0.3, 0.4) is 0 Å². The van der Waals surface area contributed by atoms with Gasteiger partial charge in [0.15, 0.2) is 0 Å². The monoisotopic (exact) mass is 282 g/mol. The molecule has 0 aliphatic rings. The van der Waals surface area contributed by atoms with Gasteiger partial charge in [-0.05, 0) is 43.5 Å². The smallest absolute Gasteiger partial charge is 0.137 e. The lowest BCUT2D eigenvalue weighted by Gasteiger charge is -2.04. The first-order valence-electron chi connectivity index (χ1n) is 5.97. The lowest BCUT2D eigenvalue weighted by molar-refractivity contribution is 0.642. The second-order valence-corrected chi connectivity index (χ2v) is 5.37. The number of halogens is 2. The highest BCUT2D eigenvalue weighted by Gasteiger charge is 2.11. The Morgan fingerprint density at radius 2 is 1.94 bits per heavy atom. The summed E-state index contributed by atoms with van der Waals surface area (Å²) in [6.07, 6.45) is 0.902. The molecule has 1 aromatic heterocycles. The summed E-state index contributed by atoms with van der Waals surface area (Å²) in [5, 5.41) is 0.734. The average molecular weight is 283 g/mol. The number of imidazole rings is 1. The van der Waals surface area contributed by atoms with Crippen molar-refractivity contribution in [1.82, 2.24) is 9.97 Å². The van der Waals surface area contributed by atoms with Crippen LogP contribution in [0.4, 0.5) is 0 Å². The highest BCUT2D eigenvalue weighted by molar-refractivity contribution is 6.30. The van der Waals surface area contributed by atoms with Crippen molar-refractivity contribution in [3.05, 3.63) is 40.7 Å². The van der Waals surface area contributed by atoms with Gasteiger partial charge in [0.05, 0.1) is 5.69 Å². The molecule has 0 aliphatic heterocycles. The second-order valence-electron chi connectivity index (χ2n) is 4.63. The summed E-state index contributed by atoms with van der Waals surface area (Å²) >= 11 is 11.7. The molecule has 0 amide bonds. The number of H-pyrrole nitrogens is 1. The number of rotatable bonds is 4. The van der Waals surface area contributed by atoms with E-state index in [0.717, 1.165) is 34.2 Å². The van der Waals surface area contributed by atoms with Crippen LogP contribution in [0.25, 0.3) is 11.4 Å². The van der Waals surface area contributed by atoms with Gasteiger partial charge < -0.3 is 4.98 Å². The summed E-state index contributed by atoms with van der Waals surface area (Å²) in [6, 6.07) is 7.68. The van der Waals surface area contributed by atoms with Crippen LogP contribution in [0, 0.1) is 12.8 Å². The Kier molecular flexibility index (Phi) is 4.31. The highest BCUT2D eigenvalue weighted by Crippen LogP contribution is 2.21. The molecular weight excluding hydrogens is 267 g/mol. The van der Waals surface area contributed by atoms with Crippen LogP contribution >= 0.6 is 23.2 Å². The number of nitrogens with zero attached hydrogens (tertiary/aromatic N) is 1. The van der Waals surface area contributed by atoms with E-state index in [1.54, 1.807) is 0 Å². The standard InChI is InChI=1S/C14H16Cl2N2/c1-9(8-15)7-13-10(2)17-14(18-13)11-3-5-12(16)6-4-11/h3-6,9H,7-8H2,1-2H3,(H,17,18). The maximum atomic E-state index is 5.88. The molecule has 1 N–H and O–H groups in total. The van der Waals surface area contributed by atoms with Crippen molar-refractivity contribution in [2.45, 2.75) is 20.3 Å². The maximum Gasteiger partial charge on any atom is 0.137 e. The topological polar surface area (TPSA) is 28.7 Å². The van der Waals surface area contributed by atoms with Crippen molar-refractivity contribution in [3.8, 4) is 11.4 Å². The summed E-state index contributed by atoms with van der Waals surface area (Å²) in [5.74, 6) is 1.98. The molecule has 96 valence electrons. The van der Waals surface area contributed by atoms with E-state index in [-0.39, 0.29) is 0 Å². The molecule has 0 spiro atoms. The minimum absolute atomic E-state index is 0.437. The molecule has 0 fully saturated rings. The van der Waals surface area contributed by atoms with Crippen LogP contribution in [-0.2, 0) is 6.42 Å². The van der Waals surface area contributed by atoms with E-state index in [0.29, 0.717) is 11.8 Å². The molecule has 18 heavy (non-hydrogen) atoms. The molecule has 1 heterocycles.